The molecule has 5 rings (SSSR count). The number of carbonyl (C=O) groups is 3. The van der Waals surface area contributed by atoms with E-state index in [1.54, 1.807) is 12.1 Å². The van der Waals surface area contributed by atoms with Gasteiger partial charge in [0.15, 0.2) is 0 Å². The number of hydrogen-bond donors (Lipinski definition) is 1. The number of benzene rings is 2. The lowest BCUT2D eigenvalue weighted by atomic mass is 10.0. The Labute approximate surface area is 184 Å². The first kappa shape index (κ1) is 19.8. The van der Waals surface area contributed by atoms with E-state index in [-0.39, 0.29) is 12.1 Å². The van der Waals surface area contributed by atoms with Crippen LogP contribution < -0.4 is 10.2 Å². The van der Waals surface area contributed by atoms with Crippen molar-refractivity contribution in [2.75, 3.05) is 4.90 Å². The molecule has 2 aliphatic rings. The van der Waals surface area contributed by atoms with Crippen molar-refractivity contribution in [3.8, 4) is 0 Å². The normalized spacial score (nSPS) is 17.2. The first-order chi connectivity index (χ1) is 15.5. The van der Waals surface area contributed by atoms with Crippen LogP contribution in [0.25, 0.3) is 6.08 Å². The summed E-state index contributed by atoms with van der Waals surface area (Å²) < 4.78 is 5.23. The van der Waals surface area contributed by atoms with Crippen LogP contribution in [0.4, 0.5) is 10.5 Å². The lowest BCUT2D eigenvalue weighted by Crippen LogP contribution is -2.53. The summed E-state index contributed by atoms with van der Waals surface area (Å²) in [4.78, 5) is 40.8. The van der Waals surface area contributed by atoms with E-state index >= 15 is 0 Å². The third-order valence-corrected chi connectivity index (χ3v) is 5.84. The molecule has 2 aliphatic heterocycles. The summed E-state index contributed by atoms with van der Waals surface area (Å²) in [6, 6.07) is 16.9. The smallest absolute Gasteiger partial charge is 0.331 e. The second kappa shape index (κ2) is 7.85. The Balaban J connectivity index is 1.39. The van der Waals surface area contributed by atoms with Gasteiger partial charge in [-0.25, -0.2) is 4.79 Å². The molecule has 2 aromatic carbocycles. The minimum atomic E-state index is -0.755. The van der Waals surface area contributed by atoms with Gasteiger partial charge >= 0.3 is 6.03 Å². The molecule has 0 saturated carbocycles. The van der Waals surface area contributed by atoms with E-state index in [0.29, 0.717) is 5.76 Å². The summed E-state index contributed by atoms with van der Waals surface area (Å²) in [5.74, 6) is -0.892. The Morgan fingerprint density at radius 1 is 1.00 bits per heavy atom. The molecule has 3 aromatic rings. The fourth-order valence-electron chi connectivity index (χ4n) is 4.09. The molecule has 7 heteroatoms. The van der Waals surface area contributed by atoms with Gasteiger partial charge in [-0.3, -0.25) is 19.8 Å². The fourth-order valence-corrected chi connectivity index (χ4v) is 4.09. The van der Waals surface area contributed by atoms with Crippen molar-refractivity contribution in [2.45, 2.75) is 26.6 Å². The second-order valence-electron chi connectivity index (χ2n) is 7.95. The van der Waals surface area contributed by atoms with E-state index in [9.17, 15) is 14.4 Å². The average Bonchev–Trinajstić information content (AvgIpc) is 3.44. The quantitative estimate of drug-likeness (QED) is 0.506. The topological polar surface area (TPSA) is 82.9 Å². The Kier molecular flexibility index (Phi) is 4.86. The monoisotopic (exact) mass is 427 g/mol. The van der Waals surface area contributed by atoms with E-state index in [0.717, 1.165) is 34.8 Å². The maximum atomic E-state index is 12.9. The van der Waals surface area contributed by atoms with E-state index in [2.05, 4.69) is 40.5 Å². The number of fused-ring (bicyclic) bond motifs is 1. The average molecular weight is 427 g/mol. The van der Waals surface area contributed by atoms with Gasteiger partial charge in [-0.05, 0) is 59.5 Å². The molecule has 1 N–H and O–H groups in total. The van der Waals surface area contributed by atoms with Gasteiger partial charge in [-0.2, -0.15) is 0 Å². The Morgan fingerprint density at radius 3 is 2.41 bits per heavy atom. The van der Waals surface area contributed by atoms with Crippen LogP contribution in [0.2, 0.25) is 0 Å². The number of urea groups is 1. The third-order valence-electron chi connectivity index (χ3n) is 5.84. The summed E-state index contributed by atoms with van der Waals surface area (Å²) in [7, 11) is 0. The van der Waals surface area contributed by atoms with Crippen LogP contribution in [0.5, 0.6) is 0 Å². The maximum Gasteiger partial charge on any atom is 0.331 e. The Bertz CT molecular complexity index is 1230. The van der Waals surface area contributed by atoms with Crippen LogP contribution in [0, 0.1) is 6.92 Å². The molecular weight excluding hydrogens is 406 g/mol. The summed E-state index contributed by atoms with van der Waals surface area (Å²) in [6.07, 6.45) is 3.00. The largest absolute Gasteiger partial charge is 0.467 e. The van der Waals surface area contributed by atoms with Gasteiger partial charge in [0, 0.05) is 18.8 Å². The number of nitrogens with one attached hydrogen (secondary N) is 1. The minimum absolute atomic E-state index is 0.0459. The van der Waals surface area contributed by atoms with Crippen molar-refractivity contribution < 1.29 is 18.8 Å². The standard InChI is InChI=1S/C25H21N3O4/c1-16-11-20(27-13-18-5-2-3-6-19(18)14-27)9-8-17(16)12-22-23(29)26-25(31)28(24(22)30)15-21-7-4-10-32-21/h2-12H,13-15H2,1H3,(H,26,29,31)/b22-12+. The molecule has 160 valence electrons. The molecular formula is C25H21N3O4. The summed E-state index contributed by atoms with van der Waals surface area (Å²) in [5.41, 5.74) is 5.32. The zero-order valence-corrected chi connectivity index (χ0v) is 17.5. The van der Waals surface area contributed by atoms with Gasteiger partial charge in [-0.15, -0.1) is 0 Å². The zero-order valence-electron chi connectivity index (χ0n) is 17.5. The SMILES string of the molecule is Cc1cc(N2Cc3ccccc3C2)ccc1/C=C1\C(=O)NC(=O)N(Cc2ccco2)C1=O. The van der Waals surface area contributed by atoms with Crippen molar-refractivity contribution in [3.05, 3.63) is 94.4 Å². The number of imide groups is 2. The van der Waals surface area contributed by atoms with Crippen molar-refractivity contribution >= 4 is 29.6 Å². The van der Waals surface area contributed by atoms with Gasteiger partial charge in [0.25, 0.3) is 11.8 Å². The maximum absolute atomic E-state index is 12.9. The number of nitrogens with zero attached hydrogens (tertiary/aromatic N) is 2. The molecule has 1 aromatic heterocycles. The molecule has 0 bridgehead atoms. The van der Waals surface area contributed by atoms with E-state index in [4.69, 9.17) is 4.42 Å². The van der Waals surface area contributed by atoms with Crippen LogP contribution in [-0.4, -0.2) is 22.7 Å². The number of carbonyl (C=O) groups excluding carboxylic acids is 3. The molecule has 0 unspecified atom stereocenters. The molecule has 0 aliphatic carbocycles. The third kappa shape index (κ3) is 3.58. The summed E-state index contributed by atoms with van der Waals surface area (Å²) in [5, 5.41) is 2.24. The lowest BCUT2D eigenvalue weighted by Gasteiger charge is -2.25. The van der Waals surface area contributed by atoms with Crippen molar-refractivity contribution in [2.24, 2.45) is 0 Å². The van der Waals surface area contributed by atoms with Gasteiger partial charge < -0.3 is 9.32 Å². The number of anilines is 1. The molecule has 0 atom stereocenters. The van der Waals surface area contributed by atoms with Gasteiger partial charge in [0.1, 0.15) is 11.3 Å². The van der Waals surface area contributed by atoms with E-state index in [1.807, 2.05) is 19.1 Å². The molecule has 1 saturated heterocycles. The van der Waals surface area contributed by atoms with Crippen LogP contribution >= 0.6 is 0 Å². The van der Waals surface area contributed by atoms with Crippen molar-refractivity contribution in [3.63, 3.8) is 0 Å². The highest BCUT2D eigenvalue weighted by atomic mass is 16.3. The molecule has 7 nitrogen and oxygen atoms in total. The van der Waals surface area contributed by atoms with E-state index in [1.165, 1.54) is 23.5 Å². The lowest BCUT2D eigenvalue weighted by molar-refractivity contribution is -0.130. The number of furan rings is 1. The number of hydrogen-bond acceptors (Lipinski definition) is 5. The highest BCUT2D eigenvalue weighted by molar-refractivity contribution is 6.31. The Morgan fingerprint density at radius 2 is 1.75 bits per heavy atom. The predicted molar refractivity (Wildman–Crippen MR) is 118 cm³/mol. The molecule has 4 amide bonds. The number of amides is 4. The second-order valence-corrected chi connectivity index (χ2v) is 7.95. The zero-order chi connectivity index (χ0) is 22.2. The summed E-state index contributed by atoms with van der Waals surface area (Å²) in [6.45, 7) is 3.59. The van der Waals surface area contributed by atoms with Crippen LogP contribution in [0.15, 0.2) is 70.9 Å². The van der Waals surface area contributed by atoms with Crippen LogP contribution in [0.3, 0.4) is 0 Å². The summed E-state index contributed by atoms with van der Waals surface area (Å²) >= 11 is 0. The number of barbiturate groups is 1. The van der Waals surface area contributed by atoms with Crippen LogP contribution in [0.1, 0.15) is 28.0 Å². The highest BCUT2D eigenvalue weighted by Crippen LogP contribution is 2.30. The van der Waals surface area contributed by atoms with Gasteiger partial charge in [0.2, 0.25) is 0 Å². The highest BCUT2D eigenvalue weighted by Gasteiger charge is 2.36. The molecule has 1 fully saturated rings. The fraction of sp³-hybridized carbons (Fsp3) is 0.160. The van der Waals surface area contributed by atoms with Gasteiger partial charge in [0.05, 0.1) is 12.8 Å². The number of aryl methyl sites for hydroxylation is 1. The predicted octanol–water partition coefficient (Wildman–Crippen LogP) is 3.77. The minimum Gasteiger partial charge on any atom is -0.467 e. The van der Waals surface area contributed by atoms with Gasteiger partial charge in [-0.1, -0.05) is 30.3 Å². The van der Waals surface area contributed by atoms with Crippen molar-refractivity contribution in [1.82, 2.24) is 10.2 Å². The molecule has 3 heterocycles. The first-order valence-corrected chi connectivity index (χ1v) is 10.3. The number of rotatable bonds is 4. The van der Waals surface area contributed by atoms with E-state index < -0.39 is 17.8 Å². The van der Waals surface area contributed by atoms with Crippen LogP contribution in [-0.2, 0) is 29.2 Å². The first-order valence-electron chi connectivity index (χ1n) is 10.3. The molecule has 32 heavy (non-hydrogen) atoms. The molecule has 0 radical (unpaired) electrons. The van der Waals surface area contributed by atoms with Crippen molar-refractivity contribution in [1.29, 1.82) is 0 Å². The molecule has 0 spiro atoms. The Hall–Kier alpha value is -4.13.